The maximum Gasteiger partial charge on any atom is 0.410 e. The highest BCUT2D eigenvalue weighted by Crippen LogP contribution is 2.16. The summed E-state index contributed by atoms with van der Waals surface area (Å²) in [5.41, 5.74) is 7.15. The second-order valence-electron chi connectivity index (χ2n) is 5.78. The number of amides is 1. The largest absolute Gasteiger partial charge is 0.461 e. The number of benzene rings is 1. The molecule has 1 aromatic rings. The first-order chi connectivity index (χ1) is 12.5. The van der Waals surface area contributed by atoms with Crippen LogP contribution in [0.25, 0.3) is 0 Å². The van der Waals surface area contributed by atoms with Crippen LogP contribution >= 0.6 is 0 Å². The van der Waals surface area contributed by atoms with Crippen LogP contribution in [-0.2, 0) is 25.7 Å². The standard InChI is InChI=1S/C18H23N3O5/c1-2-25-18(24)20-8-9-21(15(11-20)12-22)16(19)10-17(23)26-13-14-6-4-3-5-7-14/h3-7,16H,2,8-11,13,19H2,1H3. The van der Waals surface area contributed by atoms with E-state index in [0.717, 1.165) is 5.56 Å². The fourth-order valence-corrected chi connectivity index (χ4v) is 2.62. The molecule has 26 heavy (non-hydrogen) atoms. The molecule has 1 aromatic carbocycles. The number of hydrogen-bond acceptors (Lipinski definition) is 7. The molecule has 140 valence electrons. The zero-order chi connectivity index (χ0) is 18.9. The molecule has 0 aromatic heterocycles. The third-order valence-corrected chi connectivity index (χ3v) is 3.96. The zero-order valence-electron chi connectivity index (χ0n) is 14.7. The molecule has 8 heteroatoms. The van der Waals surface area contributed by atoms with Crippen molar-refractivity contribution in [2.24, 2.45) is 5.73 Å². The van der Waals surface area contributed by atoms with Crippen molar-refractivity contribution in [3.8, 4) is 0 Å². The van der Waals surface area contributed by atoms with Gasteiger partial charge in [0.15, 0.2) is 0 Å². The number of esters is 1. The smallest absolute Gasteiger partial charge is 0.410 e. The van der Waals surface area contributed by atoms with Crippen LogP contribution in [0, 0.1) is 0 Å². The van der Waals surface area contributed by atoms with Crippen molar-refractivity contribution in [2.75, 3.05) is 26.2 Å². The van der Waals surface area contributed by atoms with E-state index >= 15 is 0 Å². The first kappa shape index (κ1) is 19.5. The number of piperazine rings is 1. The van der Waals surface area contributed by atoms with E-state index in [1.54, 1.807) is 17.8 Å². The van der Waals surface area contributed by atoms with Gasteiger partial charge in [0.05, 0.1) is 25.7 Å². The van der Waals surface area contributed by atoms with Crippen LogP contribution in [0.4, 0.5) is 4.79 Å². The molecule has 0 radical (unpaired) electrons. The lowest BCUT2D eigenvalue weighted by atomic mass is 10.2. The SMILES string of the molecule is CCOC(=O)N1CCN(C(N)CC(=O)OCc2ccccc2)C(=C=O)C1. The number of hydrogen-bond donors (Lipinski definition) is 1. The summed E-state index contributed by atoms with van der Waals surface area (Å²) in [4.78, 5) is 38.0. The van der Waals surface area contributed by atoms with Crippen molar-refractivity contribution in [3.05, 3.63) is 41.6 Å². The quantitative estimate of drug-likeness (QED) is 0.593. The fourth-order valence-electron chi connectivity index (χ4n) is 2.62. The fraction of sp³-hybridized carbons (Fsp3) is 0.444. The Morgan fingerprint density at radius 3 is 2.62 bits per heavy atom. The Balaban J connectivity index is 1.86. The average Bonchev–Trinajstić information content (AvgIpc) is 2.66. The average molecular weight is 361 g/mol. The van der Waals surface area contributed by atoms with Gasteiger partial charge >= 0.3 is 12.1 Å². The predicted octanol–water partition coefficient (Wildman–Crippen LogP) is 0.894. The summed E-state index contributed by atoms with van der Waals surface area (Å²) >= 11 is 0. The predicted molar refractivity (Wildman–Crippen MR) is 93.3 cm³/mol. The molecule has 1 aliphatic rings. The number of carbonyl (C=O) groups is 2. The van der Waals surface area contributed by atoms with Gasteiger partial charge in [0.2, 0.25) is 0 Å². The van der Waals surface area contributed by atoms with Gasteiger partial charge < -0.3 is 20.1 Å². The monoisotopic (exact) mass is 361 g/mol. The van der Waals surface area contributed by atoms with E-state index in [1.165, 1.54) is 4.90 Å². The Hall–Kier alpha value is -2.83. The Bertz CT molecular complexity index is 673. The number of nitrogens with zero attached hydrogens (tertiary/aromatic N) is 2. The lowest BCUT2D eigenvalue weighted by molar-refractivity contribution is -0.146. The Morgan fingerprint density at radius 2 is 1.96 bits per heavy atom. The van der Waals surface area contributed by atoms with Crippen LogP contribution in [0.2, 0.25) is 0 Å². The van der Waals surface area contributed by atoms with Gasteiger partial charge in [-0.25, -0.2) is 9.59 Å². The minimum absolute atomic E-state index is 0.0507. The third kappa shape index (κ3) is 5.34. The molecule has 0 saturated carbocycles. The highest BCUT2D eigenvalue weighted by Gasteiger charge is 2.30. The van der Waals surface area contributed by atoms with Crippen molar-refractivity contribution in [3.63, 3.8) is 0 Å². The van der Waals surface area contributed by atoms with Crippen LogP contribution in [-0.4, -0.2) is 60.2 Å². The van der Waals surface area contributed by atoms with Crippen LogP contribution in [0.1, 0.15) is 18.9 Å². The molecule has 2 rings (SSSR count). The Labute approximate surface area is 152 Å². The third-order valence-electron chi connectivity index (χ3n) is 3.96. The molecular formula is C18H23N3O5. The summed E-state index contributed by atoms with van der Waals surface area (Å²) in [6.45, 7) is 2.84. The van der Waals surface area contributed by atoms with Crippen LogP contribution < -0.4 is 5.73 Å². The van der Waals surface area contributed by atoms with Crippen molar-refractivity contribution in [2.45, 2.75) is 26.1 Å². The number of rotatable bonds is 6. The van der Waals surface area contributed by atoms with E-state index in [2.05, 4.69) is 0 Å². The van der Waals surface area contributed by atoms with Crippen molar-refractivity contribution in [1.29, 1.82) is 0 Å². The molecular weight excluding hydrogens is 338 g/mol. The Morgan fingerprint density at radius 1 is 1.23 bits per heavy atom. The van der Waals surface area contributed by atoms with Gasteiger partial charge in [-0.2, -0.15) is 0 Å². The molecule has 0 aliphatic carbocycles. The van der Waals surface area contributed by atoms with Gasteiger partial charge in [0.1, 0.15) is 18.2 Å². The van der Waals surface area contributed by atoms with E-state index in [-0.39, 0.29) is 31.9 Å². The van der Waals surface area contributed by atoms with E-state index in [0.29, 0.717) is 13.1 Å². The Kier molecular flexibility index (Phi) is 7.20. The van der Waals surface area contributed by atoms with E-state index in [1.807, 2.05) is 30.3 Å². The van der Waals surface area contributed by atoms with Crippen LogP contribution in [0.15, 0.2) is 36.0 Å². The molecule has 0 spiro atoms. The molecule has 1 heterocycles. The molecule has 1 amide bonds. The maximum absolute atomic E-state index is 12.0. The van der Waals surface area contributed by atoms with Crippen molar-refractivity contribution >= 4 is 18.0 Å². The lowest BCUT2D eigenvalue weighted by Crippen LogP contribution is -2.54. The first-order valence-electron chi connectivity index (χ1n) is 8.42. The highest BCUT2D eigenvalue weighted by molar-refractivity contribution is 5.71. The molecule has 1 unspecified atom stereocenters. The van der Waals surface area contributed by atoms with Gasteiger partial charge in [0.25, 0.3) is 0 Å². The second kappa shape index (κ2) is 9.60. The lowest BCUT2D eigenvalue weighted by Gasteiger charge is -2.38. The summed E-state index contributed by atoms with van der Waals surface area (Å²) in [6, 6.07) is 9.31. The van der Waals surface area contributed by atoms with Crippen LogP contribution in [0.3, 0.4) is 0 Å². The van der Waals surface area contributed by atoms with Gasteiger partial charge in [0, 0.05) is 13.1 Å². The molecule has 1 saturated heterocycles. The highest BCUT2D eigenvalue weighted by atomic mass is 16.6. The molecule has 1 atom stereocenters. The number of ether oxygens (including phenoxy) is 2. The molecule has 1 aliphatic heterocycles. The number of carbonyl (C=O) groups excluding carboxylic acids is 3. The molecule has 8 nitrogen and oxygen atoms in total. The number of nitrogens with two attached hydrogens (primary N) is 1. The van der Waals surface area contributed by atoms with Gasteiger partial charge in [-0.15, -0.1) is 0 Å². The maximum atomic E-state index is 12.0. The summed E-state index contributed by atoms with van der Waals surface area (Å²) in [7, 11) is 0. The molecule has 0 bridgehead atoms. The first-order valence-corrected chi connectivity index (χ1v) is 8.42. The van der Waals surface area contributed by atoms with Crippen molar-refractivity contribution in [1.82, 2.24) is 9.80 Å². The van der Waals surface area contributed by atoms with E-state index < -0.39 is 18.2 Å². The van der Waals surface area contributed by atoms with Gasteiger partial charge in [-0.05, 0) is 12.5 Å². The zero-order valence-corrected chi connectivity index (χ0v) is 14.7. The van der Waals surface area contributed by atoms with Crippen molar-refractivity contribution < 1.29 is 23.9 Å². The summed E-state index contributed by atoms with van der Waals surface area (Å²) in [6.07, 6.45) is -1.29. The minimum atomic E-state index is -0.723. The topological polar surface area (TPSA) is 102 Å². The van der Waals surface area contributed by atoms with Gasteiger partial charge in [-0.3, -0.25) is 9.69 Å². The van der Waals surface area contributed by atoms with E-state index in [9.17, 15) is 14.4 Å². The summed E-state index contributed by atoms with van der Waals surface area (Å²) < 4.78 is 10.1. The minimum Gasteiger partial charge on any atom is -0.461 e. The normalized spacial score (nSPS) is 15.2. The van der Waals surface area contributed by atoms with E-state index in [4.69, 9.17) is 15.2 Å². The van der Waals surface area contributed by atoms with Gasteiger partial charge in [-0.1, -0.05) is 30.3 Å². The molecule has 1 fully saturated rings. The second-order valence-corrected chi connectivity index (χ2v) is 5.78. The van der Waals surface area contributed by atoms with Crippen LogP contribution in [0.5, 0.6) is 0 Å². The summed E-state index contributed by atoms with van der Waals surface area (Å²) in [5, 5.41) is 0. The molecule has 2 N–H and O–H groups in total. The summed E-state index contributed by atoms with van der Waals surface area (Å²) in [5.74, 6) is 1.35.